The van der Waals surface area contributed by atoms with Crippen LogP contribution < -0.4 is 10.2 Å². The minimum atomic E-state index is -1.13. The molecule has 0 aliphatic carbocycles. The van der Waals surface area contributed by atoms with Crippen LogP contribution in [0.3, 0.4) is 0 Å². The summed E-state index contributed by atoms with van der Waals surface area (Å²) in [7, 11) is 3.06. The van der Waals surface area contributed by atoms with E-state index in [4.69, 9.17) is 23.8 Å². The minimum absolute atomic E-state index is 0.0909. The molecule has 1 amide bonds. The van der Waals surface area contributed by atoms with Gasteiger partial charge in [-0.3, -0.25) is 9.69 Å². The van der Waals surface area contributed by atoms with Crippen LogP contribution in [0.5, 0.6) is 0 Å². The summed E-state index contributed by atoms with van der Waals surface area (Å²) in [4.78, 5) is 15.7. The first-order chi connectivity index (χ1) is 13.6. The molecule has 2 aromatic rings. The first kappa shape index (κ1) is 21.1. The highest BCUT2D eigenvalue weighted by Gasteiger charge is 2.37. The first-order valence-electron chi connectivity index (χ1n) is 8.55. The molecule has 0 bridgehead atoms. The van der Waals surface area contributed by atoms with Crippen molar-refractivity contribution in [1.29, 1.82) is 0 Å². The second kappa shape index (κ2) is 8.04. The van der Waals surface area contributed by atoms with E-state index in [0.717, 1.165) is 12.1 Å². The number of nitrogens with zero attached hydrogens (tertiary/aromatic N) is 2. The molecule has 0 spiro atoms. The number of hydrogen-bond acceptors (Lipinski definition) is 2. The number of halogens is 4. The Bertz CT molecular complexity index is 1020. The van der Waals surface area contributed by atoms with Crippen molar-refractivity contribution >= 4 is 40.5 Å². The fraction of sp³-hybridized carbons (Fsp3) is 0.200. The van der Waals surface area contributed by atoms with E-state index in [-0.39, 0.29) is 21.3 Å². The van der Waals surface area contributed by atoms with Crippen molar-refractivity contribution in [2.45, 2.75) is 13.0 Å². The zero-order valence-electron chi connectivity index (χ0n) is 15.8. The number of allylic oxidation sites excluding steroid dienone is 1. The average Bonchev–Trinajstić information content (AvgIpc) is 2.64. The molecule has 0 radical (unpaired) electrons. The molecule has 1 unspecified atom stereocenters. The van der Waals surface area contributed by atoms with E-state index < -0.39 is 29.4 Å². The molecule has 9 heteroatoms. The number of benzene rings is 2. The Morgan fingerprint density at radius 1 is 1.14 bits per heavy atom. The molecule has 152 valence electrons. The molecule has 0 aromatic heterocycles. The van der Waals surface area contributed by atoms with Crippen LogP contribution in [0.15, 0.2) is 47.7 Å². The molecule has 0 saturated carbocycles. The maximum Gasteiger partial charge on any atom is 0.253 e. The average molecular weight is 440 g/mol. The van der Waals surface area contributed by atoms with Crippen LogP contribution >= 0.6 is 23.8 Å². The summed E-state index contributed by atoms with van der Waals surface area (Å²) in [6, 6.07) is 6.31. The standard InChI is InChI=1S/C20H17ClF3N3OS/c1-10-16(19(28)26(2)3)18(17-14(23)5-4-6-15(17)24)25-20(29)27(10)11-7-8-13(22)12(21)9-11/h4-9,18H,1-3H3,(H,25,29). The fourth-order valence-corrected chi connectivity index (χ4v) is 3.73. The minimum Gasteiger partial charge on any atom is -0.351 e. The molecule has 1 heterocycles. The maximum atomic E-state index is 14.5. The number of hydrogen-bond donors (Lipinski definition) is 1. The second-order valence-electron chi connectivity index (χ2n) is 6.65. The maximum absolute atomic E-state index is 14.5. The van der Waals surface area contributed by atoms with Crippen LogP contribution in [0.25, 0.3) is 0 Å². The van der Waals surface area contributed by atoms with E-state index in [2.05, 4.69) is 5.32 Å². The Balaban J connectivity index is 2.23. The molecule has 0 saturated heterocycles. The Kier molecular flexibility index (Phi) is 5.86. The smallest absolute Gasteiger partial charge is 0.253 e. The molecule has 29 heavy (non-hydrogen) atoms. The van der Waals surface area contributed by atoms with Crippen LogP contribution in [-0.4, -0.2) is 30.0 Å². The van der Waals surface area contributed by atoms with Gasteiger partial charge in [-0.05, 0) is 49.5 Å². The summed E-state index contributed by atoms with van der Waals surface area (Å²) < 4.78 is 42.6. The van der Waals surface area contributed by atoms with Gasteiger partial charge in [0.05, 0.1) is 22.2 Å². The molecular formula is C20H17ClF3N3OS. The van der Waals surface area contributed by atoms with Gasteiger partial charge in [-0.1, -0.05) is 17.7 Å². The highest BCUT2D eigenvalue weighted by molar-refractivity contribution is 7.80. The molecular weight excluding hydrogens is 423 g/mol. The van der Waals surface area contributed by atoms with Crippen molar-refractivity contribution in [3.8, 4) is 0 Å². The van der Waals surface area contributed by atoms with E-state index in [1.165, 1.54) is 48.2 Å². The van der Waals surface area contributed by atoms with E-state index in [1.807, 2.05) is 0 Å². The van der Waals surface area contributed by atoms with Gasteiger partial charge >= 0.3 is 0 Å². The Hall–Kier alpha value is -2.58. The summed E-state index contributed by atoms with van der Waals surface area (Å²) >= 11 is 11.3. The van der Waals surface area contributed by atoms with Gasteiger partial charge in [0.15, 0.2) is 5.11 Å². The molecule has 1 aliphatic heterocycles. The zero-order chi connectivity index (χ0) is 21.5. The van der Waals surface area contributed by atoms with Gasteiger partial charge in [0.2, 0.25) is 0 Å². The van der Waals surface area contributed by atoms with Crippen molar-refractivity contribution in [2.24, 2.45) is 0 Å². The van der Waals surface area contributed by atoms with Crippen molar-refractivity contribution in [3.05, 3.63) is 75.7 Å². The predicted octanol–water partition coefficient (Wildman–Crippen LogP) is 4.56. The quantitative estimate of drug-likeness (QED) is 0.711. The number of thiocarbonyl (C=S) groups is 1. The van der Waals surface area contributed by atoms with Gasteiger partial charge in [0, 0.05) is 25.5 Å². The number of carbonyl (C=O) groups excluding carboxylic acids is 1. The molecule has 2 aromatic carbocycles. The molecule has 3 rings (SSSR count). The molecule has 1 N–H and O–H groups in total. The SMILES string of the molecule is CC1=C(C(=O)N(C)C)C(c2c(F)cccc2F)NC(=S)N1c1ccc(F)c(Cl)c1. The van der Waals surface area contributed by atoms with Crippen LogP contribution in [0.4, 0.5) is 18.9 Å². The largest absolute Gasteiger partial charge is 0.351 e. The Labute approximate surface area is 176 Å². The molecule has 0 fully saturated rings. The third kappa shape index (κ3) is 3.82. The van der Waals surface area contributed by atoms with E-state index in [0.29, 0.717) is 11.4 Å². The number of rotatable bonds is 3. The van der Waals surface area contributed by atoms with Gasteiger partial charge in [0.25, 0.3) is 5.91 Å². The molecule has 1 aliphatic rings. The molecule has 4 nitrogen and oxygen atoms in total. The van der Waals surface area contributed by atoms with Crippen LogP contribution in [0.2, 0.25) is 5.02 Å². The summed E-state index contributed by atoms with van der Waals surface area (Å²) in [6.07, 6.45) is 0. The van der Waals surface area contributed by atoms with Crippen LogP contribution in [0, 0.1) is 17.5 Å². The lowest BCUT2D eigenvalue weighted by molar-refractivity contribution is -0.125. The number of carbonyl (C=O) groups is 1. The van der Waals surface area contributed by atoms with Crippen molar-refractivity contribution < 1.29 is 18.0 Å². The van der Waals surface area contributed by atoms with Gasteiger partial charge in [-0.15, -0.1) is 0 Å². The number of amides is 1. The summed E-state index contributed by atoms with van der Waals surface area (Å²) in [5.41, 5.74) is 0.551. The highest BCUT2D eigenvalue weighted by Crippen LogP contribution is 2.37. The van der Waals surface area contributed by atoms with Crippen molar-refractivity contribution in [1.82, 2.24) is 10.2 Å². The van der Waals surface area contributed by atoms with Crippen LogP contribution in [-0.2, 0) is 4.79 Å². The van der Waals surface area contributed by atoms with E-state index >= 15 is 0 Å². The summed E-state index contributed by atoms with van der Waals surface area (Å²) in [6.45, 7) is 1.60. The van der Waals surface area contributed by atoms with E-state index in [9.17, 15) is 18.0 Å². The van der Waals surface area contributed by atoms with Gasteiger partial charge in [0.1, 0.15) is 17.5 Å². The number of anilines is 1. The van der Waals surface area contributed by atoms with E-state index in [1.54, 1.807) is 6.92 Å². The monoisotopic (exact) mass is 439 g/mol. The lowest BCUT2D eigenvalue weighted by Gasteiger charge is -2.38. The fourth-order valence-electron chi connectivity index (χ4n) is 3.20. The normalized spacial score (nSPS) is 16.7. The Morgan fingerprint density at radius 2 is 1.76 bits per heavy atom. The van der Waals surface area contributed by atoms with Crippen molar-refractivity contribution in [3.63, 3.8) is 0 Å². The lowest BCUT2D eigenvalue weighted by atomic mass is 9.93. The Morgan fingerprint density at radius 3 is 2.31 bits per heavy atom. The van der Waals surface area contributed by atoms with Crippen molar-refractivity contribution in [2.75, 3.05) is 19.0 Å². The lowest BCUT2D eigenvalue weighted by Crippen LogP contribution is -2.49. The number of nitrogens with one attached hydrogen (secondary N) is 1. The molecule has 1 atom stereocenters. The highest BCUT2D eigenvalue weighted by atomic mass is 35.5. The number of likely N-dealkylation sites (N-methyl/N-ethyl adjacent to an activating group) is 1. The summed E-state index contributed by atoms with van der Waals surface area (Å²) in [5.74, 6) is -2.67. The van der Waals surface area contributed by atoms with Gasteiger partial charge < -0.3 is 10.2 Å². The third-order valence-electron chi connectivity index (χ3n) is 4.57. The topological polar surface area (TPSA) is 35.6 Å². The third-order valence-corrected chi connectivity index (χ3v) is 5.16. The summed E-state index contributed by atoms with van der Waals surface area (Å²) in [5, 5.41) is 2.82. The van der Waals surface area contributed by atoms with Crippen LogP contribution in [0.1, 0.15) is 18.5 Å². The second-order valence-corrected chi connectivity index (χ2v) is 7.44. The van der Waals surface area contributed by atoms with Gasteiger partial charge in [-0.25, -0.2) is 13.2 Å². The first-order valence-corrected chi connectivity index (χ1v) is 9.34. The predicted molar refractivity (Wildman–Crippen MR) is 110 cm³/mol. The zero-order valence-corrected chi connectivity index (χ0v) is 17.3. The van der Waals surface area contributed by atoms with Gasteiger partial charge in [-0.2, -0.15) is 0 Å².